The number of aryl methyl sites for hydroxylation is 2. The lowest BCUT2D eigenvalue weighted by Crippen LogP contribution is -2.00. The van der Waals surface area contributed by atoms with E-state index >= 15 is 0 Å². The summed E-state index contributed by atoms with van der Waals surface area (Å²) in [6, 6.07) is 8.63. The lowest BCUT2D eigenvalue weighted by atomic mass is 10.1. The Kier molecular flexibility index (Phi) is 2.76. The average molecular weight is 239 g/mol. The van der Waals surface area contributed by atoms with Crippen LogP contribution >= 0.6 is 0 Å². The third-order valence-corrected chi connectivity index (χ3v) is 3.28. The highest BCUT2D eigenvalue weighted by Gasteiger charge is 2.05. The monoisotopic (exact) mass is 239 g/mol. The first-order chi connectivity index (χ1) is 8.78. The Hall–Kier alpha value is -1.87. The molecule has 0 aliphatic rings. The molecule has 0 fully saturated rings. The number of aromatic nitrogens is 2. The number of hydrogen-bond acceptors (Lipinski definition) is 2. The molecule has 3 rings (SSSR count). The van der Waals surface area contributed by atoms with E-state index in [-0.39, 0.29) is 0 Å². The van der Waals surface area contributed by atoms with Gasteiger partial charge in [-0.2, -0.15) is 0 Å². The molecule has 2 aromatic heterocycles. The van der Waals surface area contributed by atoms with Gasteiger partial charge in [-0.25, -0.2) is 4.98 Å². The zero-order valence-corrected chi connectivity index (χ0v) is 10.6. The summed E-state index contributed by atoms with van der Waals surface area (Å²) in [7, 11) is 0. The van der Waals surface area contributed by atoms with E-state index in [0.717, 1.165) is 24.2 Å². The van der Waals surface area contributed by atoms with Crippen molar-refractivity contribution in [3.05, 3.63) is 47.9 Å². The van der Waals surface area contributed by atoms with Crippen LogP contribution in [0.2, 0.25) is 0 Å². The van der Waals surface area contributed by atoms with Crippen molar-refractivity contribution in [2.24, 2.45) is 5.73 Å². The molecule has 92 valence electrons. The number of pyridine rings is 1. The van der Waals surface area contributed by atoms with Crippen molar-refractivity contribution in [1.29, 1.82) is 0 Å². The van der Waals surface area contributed by atoms with Crippen LogP contribution in [0.4, 0.5) is 0 Å². The maximum absolute atomic E-state index is 5.54. The van der Waals surface area contributed by atoms with Crippen molar-refractivity contribution in [3.63, 3.8) is 0 Å². The van der Waals surface area contributed by atoms with Crippen LogP contribution in [0.3, 0.4) is 0 Å². The van der Waals surface area contributed by atoms with Gasteiger partial charge in [0.1, 0.15) is 5.65 Å². The molecule has 3 nitrogen and oxygen atoms in total. The fraction of sp³-hybridized carbons (Fsp3) is 0.267. The van der Waals surface area contributed by atoms with E-state index in [0.29, 0.717) is 6.54 Å². The molecule has 3 aromatic rings. The molecule has 0 saturated heterocycles. The molecule has 0 spiro atoms. The van der Waals surface area contributed by atoms with Crippen LogP contribution in [-0.4, -0.2) is 15.9 Å². The normalized spacial score (nSPS) is 11.4. The van der Waals surface area contributed by atoms with E-state index in [1.54, 1.807) is 0 Å². The second-order valence-corrected chi connectivity index (χ2v) is 4.76. The Labute approximate surface area is 106 Å². The molecule has 2 N–H and O–H groups in total. The van der Waals surface area contributed by atoms with Crippen LogP contribution in [0, 0.1) is 6.92 Å². The van der Waals surface area contributed by atoms with E-state index in [2.05, 4.69) is 48.0 Å². The van der Waals surface area contributed by atoms with Crippen molar-refractivity contribution in [3.8, 4) is 0 Å². The van der Waals surface area contributed by atoms with Gasteiger partial charge in [-0.05, 0) is 37.8 Å². The molecule has 0 atom stereocenters. The highest BCUT2D eigenvalue weighted by atomic mass is 15.0. The second-order valence-electron chi connectivity index (χ2n) is 4.76. The zero-order valence-electron chi connectivity index (χ0n) is 10.6. The fourth-order valence-electron chi connectivity index (χ4n) is 2.35. The van der Waals surface area contributed by atoms with Crippen LogP contribution in [-0.2, 0) is 6.42 Å². The number of nitrogens with zero attached hydrogens (tertiary/aromatic N) is 2. The van der Waals surface area contributed by atoms with Gasteiger partial charge in [0, 0.05) is 17.8 Å². The Balaban J connectivity index is 2.17. The summed E-state index contributed by atoms with van der Waals surface area (Å²) < 4.78 is 2.10. The largest absolute Gasteiger partial charge is 0.330 e. The Morgan fingerprint density at radius 3 is 3.00 bits per heavy atom. The van der Waals surface area contributed by atoms with Gasteiger partial charge in [0.2, 0.25) is 0 Å². The summed E-state index contributed by atoms with van der Waals surface area (Å²) in [5.74, 6) is 0. The minimum atomic E-state index is 0.716. The molecule has 1 aromatic carbocycles. The highest BCUT2D eigenvalue weighted by Crippen LogP contribution is 2.21. The lowest BCUT2D eigenvalue weighted by molar-refractivity contribution is 0.816. The van der Waals surface area contributed by atoms with E-state index in [1.165, 1.54) is 16.3 Å². The number of benzene rings is 1. The second kappa shape index (κ2) is 4.42. The van der Waals surface area contributed by atoms with Gasteiger partial charge in [-0.15, -0.1) is 0 Å². The lowest BCUT2D eigenvalue weighted by Gasteiger charge is -2.01. The van der Waals surface area contributed by atoms with Crippen LogP contribution in [0.5, 0.6) is 0 Å². The number of imidazole rings is 1. The Morgan fingerprint density at radius 1 is 1.28 bits per heavy atom. The first kappa shape index (κ1) is 11.2. The predicted octanol–water partition coefficient (Wildman–Crippen LogP) is 2.69. The summed E-state index contributed by atoms with van der Waals surface area (Å²) in [6.07, 6.45) is 6.12. The summed E-state index contributed by atoms with van der Waals surface area (Å²) in [6.45, 7) is 2.83. The first-order valence-electron chi connectivity index (χ1n) is 6.35. The van der Waals surface area contributed by atoms with Crippen molar-refractivity contribution in [2.75, 3.05) is 6.54 Å². The molecule has 0 aliphatic heterocycles. The predicted molar refractivity (Wildman–Crippen MR) is 74.8 cm³/mol. The number of nitrogens with two attached hydrogens (primary N) is 1. The van der Waals surface area contributed by atoms with E-state index in [9.17, 15) is 0 Å². The Bertz CT molecular complexity index is 697. The number of hydrogen-bond donors (Lipinski definition) is 1. The van der Waals surface area contributed by atoms with Gasteiger partial charge >= 0.3 is 0 Å². The molecular formula is C15H17N3. The molecule has 0 bridgehead atoms. The van der Waals surface area contributed by atoms with Gasteiger partial charge in [-0.3, -0.25) is 0 Å². The van der Waals surface area contributed by atoms with Crippen molar-refractivity contribution >= 4 is 16.4 Å². The Morgan fingerprint density at radius 2 is 2.17 bits per heavy atom. The van der Waals surface area contributed by atoms with Crippen LogP contribution < -0.4 is 5.73 Å². The van der Waals surface area contributed by atoms with Crippen molar-refractivity contribution in [1.82, 2.24) is 9.38 Å². The SMILES string of the molecule is Cc1ccc2c(ccn3cc(CCCN)nc23)c1. The summed E-state index contributed by atoms with van der Waals surface area (Å²) >= 11 is 0. The maximum Gasteiger partial charge on any atom is 0.144 e. The summed E-state index contributed by atoms with van der Waals surface area (Å²) in [5, 5.41) is 2.46. The van der Waals surface area contributed by atoms with E-state index < -0.39 is 0 Å². The number of fused-ring (bicyclic) bond motifs is 3. The zero-order chi connectivity index (χ0) is 12.5. The first-order valence-corrected chi connectivity index (χ1v) is 6.35. The third kappa shape index (κ3) is 1.87. The standard InChI is InChI=1S/C15H17N3/c1-11-4-5-14-12(9-11)6-8-18-10-13(3-2-7-16)17-15(14)18/h4-6,8-10H,2-3,7,16H2,1H3. The van der Waals surface area contributed by atoms with Crippen molar-refractivity contribution in [2.45, 2.75) is 19.8 Å². The molecule has 18 heavy (non-hydrogen) atoms. The van der Waals surface area contributed by atoms with Crippen LogP contribution in [0.15, 0.2) is 36.7 Å². The molecule has 0 unspecified atom stereocenters. The van der Waals surface area contributed by atoms with Gasteiger partial charge in [0.15, 0.2) is 0 Å². The molecule has 0 aliphatic carbocycles. The minimum Gasteiger partial charge on any atom is -0.330 e. The third-order valence-electron chi connectivity index (χ3n) is 3.28. The summed E-state index contributed by atoms with van der Waals surface area (Å²) in [4.78, 5) is 4.72. The summed E-state index contributed by atoms with van der Waals surface area (Å²) in [5.41, 5.74) is 8.98. The minimum absolute atomic E-state index is 0.716. The van der Waals surface area contributed by atoms with Gasteiger partial charge < -0.3 is 10.1 Å². The molecule has 0 amide bonds. The van der Waals surface area contributed by atoms with Crippen LogP contribution in [0.1, 0.15) is 17.7 Å². The molecule has 0 saturated carbocycles. The van der Waals surface area contributed by atoms with Crippen LogP contribution in [0.25, 0.3) is 16.4 Å². The quantitative estimate of drug-likeness (QED) is 0.763. The van der Waals surface area contributed by atoms with Gasteiger partial charge in [0.05, 0.1) is 5.69 Å². The number of rotatable bonds is 3. The average Bonchev–Trinajstić information content (AvgIpc) is 2.79. The van der Waals surface area contributed by atoms with E-state index in [4.69, 9.17) is 10.7 Å². The van der Waals surface area contributed by atoms with Gasteiger partial charge in [-0.1, -0.05) is 23.8 Å². The topological polar surface area (TPSA) is 43.3 Å². The molecule has 0 radical (unpaired) electrons. The molecular weight excluding hydrogens is 222 g/mol. The highest BCUT2D eigenvalue weighted by molar-refractivity contribution is 5.94. The maximum atomic E-state index is 5.54. The van der Waals surface area contributed by atoms with E-state index in [1.807, 2.05) is 0 Å². The fourth-order valence-corrected chi connectivity index (χ4v) is 2.35. The molecule has 3 heteroatoms. The van der Waals surface area contributed by atoms with Crippen molar-refractivity contribution < 1.29 is 0 Å². The smallest absolute Gasteiger partial charge is 0.144 e. The molecule has 2 heterocycles. The van der Waals surface area contributed by atoms with Gasteiger partial charge in [0.25, 0.3) is 0 Å².